The molecule has 3 rings (SSSR count). The van der Waals surface area contributed by atoms with Crippen LogP contribution in [-0.2, 0) is 21.0 Å². The molecule has 0 aliphatic carbocycles. The average Bonchev–Trinajstić information content (AvgIpc) is 3.22. The summed E-state index contributed by atoms with van der Waals surface area (Å²) in [7, 11) is -4.38. The fourth-order valence-corrected chi connectivity index (χ4v) is 4.15. The Balaban J connectivity index is 1.71. The molecule has 0 atom stereocenters. The molecule has 1 fully saturated rings. The Morgan fingerprint density at radius 3 is 2.40 bits per heavy atom. The number of halogens is 4. The highest BCUT2D eigenvalue weighted by molar-refractivity contribution is 7.89. The van der Waals surface area contributed by atoms with Crippen LogP contribution in [0.4, 0.5) is 28.9 Å². The Kier molecular flexibility index (Phi) is 6.32. The van der Waals surface area contributed by atoms with E-state index in [0.29, 0.717) is 24.8 Å². The second-order valence-corrected chi connectivity index (χ2v) is 8.49. The molecule has 1 amide bonds. The second kappa shape index (κ2) is 8.60. The Labute approximate surface area is 170 Å². The van der Waals surface area contributed by atoms with E-state index in [1.165, 1.54) is 12.1 Å². The van der Waals surface area contributed by atoms with E-state index < -0.39 is 44.9 Å². The lowest BCUT2D eigenvalue weighted by Gasteiger charge is -2.22. The third-order valence-electron chi connectivity index (χ3n) is 4.60. The smallest absolute Gasteiger partial charge is 0.370 e. The van der Waals surface area contributed by atoms with Crippen molar-refractivity contribution in [3.05, 3.63) is 53.8 Å². The third kappa shape index (κ3) is 5.08. The van der Waals surface area contributed by atoms with Gasteiger partial charge in [0.05, 0.1) is 22.7 Å². The van der Waals surface area contributed by atoms with Crippen molar-refractivity contribution in [2.75, 3.05) is 29.9 Å². The number of hydrogen-bond acceptors (Lipinski definition) is 4. The highest BCUT2D eigenvalue weighted by Crippen LogP contribution is 2.32. The molecular weight excluding hydrogens is 426 g/mol. The molecule has 1 heterocycles. The largest absolute Gasteiger partial charge is 0.416 e. The summed E-state index contributed by atoms with van der Waals surface area (Å²) in [5.41, 5.74) is -0.708. The number of anilines is 2. The molecule has 6 nitrogen and oxygen atoms in total. The maximum Gasteiger partial charge on any atom is 0.416 e. The highest BCUT2D eigenvalue weighted by atomic mass is 32.2. The Hall–Kier alpha value is -2.66. The van der Waals surface area contributed by atoms with Gasteiger partial charge in [0.1, 0.15) is 11.5 Å². The Morgan fingerprint density at radius 1 is 1.07 bits per heavy atom. The van der Waals surface area contributed by atoms with Crippen molar-refractivity contribution in [1.82, 2.24) is 4.72 Å². The molecule has 1 aliphatic rings. The van der Waals surface area contributed by atoms with Gasteiger partial charge in [0.2, 0.25) is 15.9 Å². The SMILES string of the molecule is O=C(CNS(=O)(=O)c1cccc(C(F)(F)F)c1)Nc1c(F)cccc1N1CCCC1. The van der Waals surface area contributed by atoms with Gasteiger partial charge in [0.25, 0.3) is 0 Å². The fourth-order valence-electron chi connectivity index (χ4n) is 3.13. The van der Waals surface area contributed by atoms with E-state index in [9.17, 15) is 30.8 Å². The van der Waals surface area contributed by atoms with Crippen LogP contribution in [0.2, 0.25) is 0 Å². The van der Waals surface area contributed by atoms with Gasteiger partial charge in [-0.25, -0.2) is 17.5 Å². The third-order valence-corrected chi connectivity index (χ3v) is 6.00. The number of alkyl halides is 3. The summed E-state index contributed by atoms with van der Waals surface area (Å²) in [6, 6.07) is 7.48. The molecule has 2 aromatic rings. The van der Waals surface area contributed by atoms with Crippen LogP contribution in [0.5, 0.6) is 0 Å². The predicted molar refractivity (Wildman–Crippen MR) is 103 cm³/mol. The molecule has 0 spiro atoms. The van der Waals surface area contributed by atoms with Gasteiger partial charge < -0.3 is 10.2 Å². The lowest BCUT2D eigenvalue weighted by atomic mass is 10.2. The van der Waals surface area contributed by atoms with E-state index in [2.05, 4.69) is 5.32 Å². The second-order valence-electron chi connectivity index (χ2n) is 6.73. The number of nitrogens with zero attached hydrogens (tertiary/aromatic N) is 1. The first kappa shape index (κ1) is 22.0. The van der Waals surface area contributed by atoms with E-state index in [-0.39, 0.29) is 5.69 Å². The lowest BCUT2D eigenvalue weighted by molar-refractivity contribution is -0.137. The molecule has 30 heavy (non-hydrogen) atoms. The maximum atomic E-state index is 14.3. The number of rotatable bonds is 6. The van der Waals surface area contributed by atoms with Crippen molar-refractivity contribution in [3.8, 4) is 0 Å². The van der Waals surface area contributed by atoms with Gasteiger partial charge in [-0.05, 0) is 43.2 Å². The summed E-state index contributed by atoms with van der Waals surface area (Å²) >= 11 is 0. The molecule has 11 heteroatoms. The molecule has 2 aromatic carbocycles. The number of benzene rings is 2. The van der Waals surface area contributed by atoms with Crippen LogP contribution in [0.25, 0.3) is 0 Å². The molecule has 0 saturated carbocycles. The quantitative estimate of drug-likeness (QED) is 0.669. The topological polar surface area (TPSA) is 78.5 Å². The van der Waals surface area contributed by atoms with Crippen LogP contribution in [0, 0.1) is 5.82 Å². The van der Waals surface area contributed by atoms with E-state index in [1.54, 1.807) is 6.07 Å². The molecule has 0 aromatic heterocycles. The first-order chi connectivity index (χ1) is 14.1. The molecule has 2 N–H and O–H groups in total. The van der Waals surface area contributed by atoms with Crippen LogP contribution < -0.4 is 14.9 Å². The molecule has 0 unspecified atom stereocenters. The number of carbonyl (C=O) groups excluding carboxylic acids is 1. The van der Waals surface area contributed by atoms with Crippen molar-refractivity contribution < 1.29 is 30.8 Å². The zero-order valence-corrected chi connectivity index (χ0v) is 16.5. The van der Waals surface area contributed by atoms with Crippen LogP contribution in [-0.4, -0.2) is 34.0 Å². The zero-order valence-electron chi connectivity index (χ0n) is 15.7. The number of sulfonamides is 1. The minimum atomic E-state index is -4.71. The summed E-state index contributed by atoms with van der Waals surface area (Å²) < 4.78 is 79.1. The highest BCUT2D eigenvalue weighted by Gasteiger charge is 2.31. The normalized spacial score (nSPS) is 14.7. The van der Waals surface area contributed by atoms with E-state index >= 15 is 0 Å². The summed E-state index contributed by atoms with van der Waals surface area (Å²) in [5.74, 6) is -1.52. The first-order valence-corrected chi connectivity index (χ1v) is 10.6. The Morgan fingerprint density at radius 2 is 1.73 bits per heavy atom. The minimum Gasteiger partial charge on any atom is -0.370 e. The monoisotopic (exact) mass is 445 g/mol. The van der Waals surface area contributed by atoms with E-state index in [0.717, 1.165) is 31.0 Å². The summed E-state index contributed by atoms with van der Waals surface area (Å²) in [5, 5.41) is 2.35. The van der Waals surface area contributed by atoms with Gasteiger partial charge in [-0.3, -0.25) is 4.79 Å². The van der Waals surface area contributed by atoms with Gasteiger partial charge in [-0.1, -0.05) is 12.1 Å². The van der Waals surface area contributed by atoms with Crippen LogP contribution in [0.3, 0.4) is 0 Å². The fraction of sp³-hybridized carbons (Fsp3) is 0.316. The number of para-hydroxylation sites is 1. The van der Waals surface area contributed by atoms with Crippen molar-refractivity contribution in [3.63, 3.8) is 0 Å². The van der Waals surface area contributed by atoms with Gasteiger partial charge in [0.15, 0.2) is 0 Å². The van der Waals surface area contributed by atoms with Gasteiger partial charge in [-0.15, -0.1) is 0 Å². The number of nitrogens with one attached hydrogen (secondary N) is 2. The van der Waals surface area contributed by atoms with Crippen LogP contribution in [0.1, 0.15) is 18.4 Å². The molecule has 1 aliphatic heterocycles. The first-order valence-electron chi connectivity index (χ1n) is 9.08. The number of carbonyl (C=O) groups is 1. The maximum absolute atomic E-state index is 14.3. The molecule has 1 saturated heterocycles. The number of hydrogen-bond donors (Lipinski definition) is 2. The van der Waals surface area contributed by atoms with Crippen LogP contribution >= 0.6 is 0 Å². The lowest BCUT2D eigenvalue weighted by Crippen LogP contribution is -2.33. The van der Waals surface area contributed by atoms with Crippen molar-refractivity contribution >= 4 is 27.3 Å². The molecule has 0 bridgehead atoms. The predicted octanol–water partition coefficient (Wildman–Crippen LogP) is 3.36. The van der Waals surface area contributed by atoms with Crippen molar-refractivity contribution in [2.45, 2.75) is 23.9 Å². The number of amides is 1. The zero-order chi connectivity index (χ0) is 21.9. The van der Waals surface area contributed by atoms with Gasteiger partial charge >= 0.3 is 6.18 Å². The van der Waals surface area contributed by atoms with Crippen LogP contribution in [0.15, 0.2) is 47.4 Å². The van der Waals surface area contributed by atoms with Crippen molar-refractivity contribution in [1.29, 1.82) is 0 Å². The Bertz CT molecular complexity index is 1040. The summed E-state index contributed by atoms with van der Waals surface area (Å²) in [6.45, 7) is 0.634. The summed E-state index contributed by atoms with van der Waals surface area (Å²) in [4.78, 5) is 13.5. The van der Waals surface area contributed by atoms with E-state index in [1.807, 2.05) is 9.62 Å². The molecule has 162 valence electrons. The molecule has 0 radical (unpaired) electrons. The molecular formula is C19H19F4N3O3S. The minimum absolute atomic E-state index is 0.0670. The van der Waals surface area contributed by atoms with Gasteiger partial charge in [0, 0.05) is 13.1 Å². The van der Waals surface area contributed by atoms with Gasteiger partial charge in [-0.2, -0.15) is 13.2 Å². The summed E-state index contributed by atoms with van der Waals surface area (Å²) in [6.07, 6.45) is -2.85. The van der Waals surface area contributed by atoms with E-state index in [4.69, 9.17) is 0 Å². The standard InChI is InChI=1S/C19H19F4N3O3S/c20-15-7-4-8-16(26-9-1-2-10-26)18(15)25-17(27)12-24-30(28,29)14-6-3-5-13(11-14)19(21,22)23/h3-8,11,24H,1-2,9-10,12H2,(H,25,27). The average molecular weight is 445 g/mol. The van der Waals surface area contributed by atoms with Crippen molar-refractivity contribution in [2.24, 2.45) is 0 Å².